The second kappa shape index (κ2) is 6.47. The molecule has 2 fully saturated rings. The SMILES string of the molecule is O=C(CCN1CCCCO1)N1CC[C@H](O)[C@@H](O)C1. The van der Waals surface area contributed by atoms with Gasteiger partial charge in [0.25, 0.3) is 0 Å². The van der Waals surface area contributed by atoms with Crippen LogP contribution in [0.5, 0.6) is 0 Å². The Labute approximate surface area is 107 Å². The normalized spacial score (nSPS) is 30.4. The van der Waals surface area contributed by atoms with Gasteiger partial charge in [-0.15, -0.1) is 0 Å². The molecule has 104 valence electrons. The van der Waals surface area contributed by atoms with Crippen LogP contribution in [0.3, 0.4) is 0 Å². The topological polar surface area (TPSA) is 73.2 Å². The minimum Gasteiger partial charge on any atom is -0.390 e. The second-order valence-electron chi connectivity index (χ2n) is 4.98. The van der Waals surface area contributed by atoms with Gasteiger partial charge in [0.1, 0.15) is 0 Å². The summed E-state index contributed by atoms with van der Waals surface area (Å²) >= 11 is 0. The summed E-state index contributed by atoms with van der Waals surface area (Å²) in [5.74, 6) is 0.0233. The molecule has 0 aromatic carbocycles. The first-order valence-corrected chi connectivity index (χ1v) is 6.68. The van der Waals surface area contributed by atoms with Gasteiger partial charge in [-0.1, -0.05) is 0 Å². The number of carbonyl (C=O) groups is 1. The molecular weight excluding hydrogens is 236 g/mol. The summed E-state index contributed by atoms with van der Waals surface area (Å²) in [5, 5.41) is 20.8. The third kappa shape index (κ3) is 3.65. The predicted molar refractivity (Wildman–Crippen MR) is 64.6 cm³/mol. The van der Waals surface area contributed by atoms with Crippen molar-refractivity contribution in [1.82, 2.24) is 9.96 Å². The van der Waals surface area contributed by atoms with E-state index in [2.05, 4.69) is 0 Å². The first-order valence-electron chi connectivity index (χ1n) is 6.68. The predicted octanol–water partition coefficient (Wildman–Crippen LogP) is -0.642. The number of aliphatic hydroxyl groups excluding tert-OH is 2. The fourth-order valence-corrected chi connectivity index (χ4v) is 2.35. The Kier molecular flexibility index (Phi) is 4.94. The quantitative estimate of drug-likeness (QED) is 0.704. The summed E-state index contributed by atoms with van der Waals surface area (Å²) in [6.45, 7) is 2.99. The Bertz CT molecular complexity index is 281. The van der Waals surface area contributed by atoms with Crippen molar-refractivity contribution in [3.8, 4) is 0 Å². The van der Waals surface area contributed by atoms with Gasteiger partial charge in [-0.2, -0.15) is 5.06 Å². The maximum Gasteiger partial charge on any atom is 0.224 e. The molecule has 6 heteroatoms. The van der Waals surface area contributed by atoms with Crippen molar-refractivity contribution in [2.45, 2.75) is 37.9 Å². The van der Waals surface area contributed by atoms with Crippen molar-refractivity contribution in [3.05, 3.63) is 0 Å². The number of β-amino-alcohol motifs (C(OH)–C–C–N with tert-alkyl or cyclic N) is 1. The zero-order valence-corrected chi connectivity index (χ0v) is 10.6. The van der Waals surface area contributed by atoms with Crippen LogP contribution in [-0.2, 0) is 9.63 Å². The van der Waals surface area contributed by atoms with Crippen molar-refractivity contribution >= 4 is 5.91 Å². The summed E-state index contributed by atoms with van der Waals surface area (Å²) in [6.07, 6.45) is 1.55. The molecule has 0 aromatic heterocycles. The standard InChI is InChI=1S/C12H22N2O4/c15-10-3-6-13(9-11(10)16)12(17)4-7-14-5-1-2-8-18-14/h10-11,15-16H,1-9H2/t10-,11-/m0/s1. The molecule has 2 aliphatic heterocycles. The fraction of sp³-hybridized carbons (Fsp3) is 0.917. The highest BCUT2D eigenvalue weighted by atomic mass is 16.7. The van der Waals surface area contributed by atoms with Crippen LogP contribution in [-0.4, -0.2) is 71.1 Å². The third-order valence-corrected chi connectivity index (χ3v) is 3.55. The van der Waals surface area contributed by atoms with E-state index in [9.17, 15) is 15.0 Å². The van der Waals surface area contributed by atoms with Gasteiger partial charge in [0.15, 0.2) is 0 Å². The van der Waals surface area contributed by atoms with E-state index in [1.807, 2.05) is 5.06 Å². The Morgan fingerprint density at radius 1 is 1.22 bits per heavy atom. The number of hydrogen-bond acceptors (Lipinski definition) is 5. The highest BCUT2D eigenvalue weighted by Crippen LogP contribution is 2.13. The number of likely N-dealkylation sites (tertiary alicyclic amines) is 1. The fourth-order valence-electron chi connectivity index (χ4n) is 2.35. The molecule has 0 bridgehead atoms. The minimum absolute atomic E-state index is 0.0233. The number of amides is 1. The molecular formula is C12H22N2O4. The zero-order valence-electron chi connectivity index (χ0n) is 10.6. The molecule has 2 heterocycles. The number of aliphatic hydroxyl groups is 2. The van der Waals surface area contributed by atoms with E-state index in [1.54, 1.807) is 4.90 Å². The van der Waals surface area contributed by atoms with E-state index in [4.69, 9.17) is 4.84 Å². The van der Waals surface area contributed by atoms with Gasteiger partial charge in [-0.05, 0) is 19.3 Å². The maximum atomic E-state index is 11.9. The summed E-state index contributed by atoms with van der Waals surface area (Å²) in [4.78, 5) is 19.0. The monoisotopic (exact) mass is 258 g/mol. The van der Waals surface area contributed by atoms with E-state index >= 15 is 0 Å². The Morgan fingerprint density at radius 2 is 2.06 bits per heavy atom. The van der Waals surface area contributed by atoms with Crippen molar-refractivity contribution in [2.24, 2.45) is 0 Å². The van der Waals surface area contributed by atoms with Crippen LogP contribution < -0.4 is 0 Å². The molecule has 6 nitrogen and oxygen atoms in total. The number of rotatable bonds is 3. The number of piperidine rings is 1. The lowest BCUT2D eigenvalue weighted by atomic mass is 10.0. The van der Waals surface area contributed by atoms with E-state index in [-0.39, 0.29) is 12.5 Å². The van der Waals surface area contributed by atoms with Gasteiger partial charge < -0.3 is 15.1 Å². The van der Waals surface area contributed by atoms with Crippen LogP contribution in [0.1, 0.15) is 25.7 Å². The second-order valence-corrected chi connectivity index (χ2v) is 4.98. The lowest BCUT2D eigenvalue weighted by Crippen LogP contribution is -2.49. The first kappa shape index (κ1) is 13.7. The summed E-state index contributed by atoms with van der Waals surface area (Å²) < 4.78 is 0. The van der Waals surface area contributed by atoms with Gasteiger partial charge in [0.2, 0.25) is 5.91 Å². The lowest BCUT2D eigenvalue weighted by molar-refractivity contribution is -0.183. The third-order valence-electron chi connectivity index (χ3n) is 3.55. The van der Waals surface area contributed by atoms with Gasteiger partial charge >= 0.3 is 0 Å². The smallest absolute Gasteiger partial charge is 0.224 e. The molecule has 18 heavy (non-hydrogen) atoms. The highest BCUT2D eigenvalue weighted by Gasteiger charge is 2.28. The molecule has 2 saturated heterocycles. The van der Waals surface area contributed by atoms with E-state index in [0.717, 1.165) is 26.0 Å². The number of hydroxylamine groups is 2. The summed E-state index contributed by atoms with van der Waals surface area (Å²) in [7, 11) is 0. The first-order chi connectivity index (χ1) is 8.66. The Balaban J connectivity index is 1.70. The molecule has 2 rings (SSSR count). The lowest BCUT2D eigenvalue weighted by Gasteiger charge is -2.34. The number of carbonyl (C=O) groups excluding carboxylic acids is 1. The summed E-state index contributed by atoms with van der Waals surface area (Å²) in [6, 6.07) is 0. The molecule has 0 spiro atoms. The van der Waals surface area contributed by atoms with Gasteiger partial charge in [0.05, 0.1) is 18.8 Å². The average molecular weight is 258 g/mol. The Morgan fingerprint density at radius 3 is 2.72 bits per heavy atom. The molecule has 0 saturated carbocycles. The highest BCUT2D eigenvalue weighted by molar-refractivity contribution is 5.76. The van der Waals surface area contributed by atoms with Crippen LogP contribution in [0.25, 0.3) is 0 Å². The van der Waals surface area contributed by atoms with Crippen LogP contribution in [0.15, 0.2) is 0 Å². The minimum atomic E-state index is -0.811. The van der Waals surface area contributed by atoms with Crippen molar-refractivity contribution in [2.75, 3.05) is 32.8 Å². The van der Waals surface area contributed by atoms with E-state index < -0.39 is 12.2 Å². The maximum absolute atomic E-state index is 11.9. The Hall–Kier alpha value is -0.690. The van der Waals surface area contributed by atoms with E-state index in [1.165, 1.54) is 0 Å². The van der Waals surface area contributed by atoms with Crippen LogP contribution in [0, 0.1) is 0 Å². The molecule has 0 radical (unpaired) electrons. The molecule has 0 unspecified atom stereocenters. The van der Waals surface area contributed by atoms with Crippen molar-refractivity contribution < 1.29 is 19.8 Å². The molecule has 0 aromatic rings. The summed E-state index contributed by atoms with van der Waals surface area (Å²) in [5.41, 5.74) is 0. The molecule has 1 amide bonds. The van der Waals surface area contributed by atoms with Gasteiger partial charge in [-0.25, -0.2) is 0 Å². The van der Waals surface area contributed by atoms with Crippen LogP contribution in [0.2, 0.25) is 0 Å². The zero-order chi connectivity index (χ0) is 13.0. The number of hydrogen-bond donors (Lipinski definition) is 2. The van der Waals surface area contributed by atoms with Gasteiger partial charge in [0, 0.05) is 32.6 Å². The van der Waals surface area contributed by atoms with E-state index in [0.29, 0.717) is 25.9 Å². The van der Waals surface area contributed by atoms with Gasteiger partial charge in [-0.3, -0.25) is 9.63 Å². The van der Waals surface area contributed by atoms with Crippen LogP contribution in [0.4, 0.5) is 0 Å². The number of nitrogens with zero attached hydrogens (tertiary/aromatic N) is 2. The molecule has 2 aliphatic rings. The van der Waals surface area contributed by atoms with Crippen molar-refractivity contribution in [3.63, 3.8) is 0 Å². The average Bonchev–Trinajstić information content (AvgIpc) is 2.40. The van der Waals surface area contributed by atoms with Crippen LogP contribution >= 0.6 is 0 Å². The molecule has 2 atom stereocenters. The molecule has 2 N–H and O–H groups in total. The molecule has 0 aliphatic carbocycles. The van der Waals surface area contributed by atoms with Crippen molar-refractivity contribution in [1.29, 1.82) is 0 Å². The largest absolute Gasteiger partial charge is 0.390 e.